The fraction of sp³-hybridized carbons (Fsp3) is 0.471. The zero-order valence-electron chi connectivity index (χ0n) is 14.0. The summed E-state index contributed by atoms with van der Waals surface area (Å²) in [5.41, 5.74) is 2.69. The molecule has 7 heteroatoms. The fourth-order valence-corrected chi connectivity index (χ4v) is 4.59. The van der Waals surface area contributed by atoms with Crippen molar-refractivity contribution in [2.24, 2.45) is 0 Å². The van der Waals surface area contributed by atoms with E-state index in [1.165, 1.54) is 11.9 Å². The maximum atomic E-state index is 12.6. The monoisotopic (exact) mass is 344 g/mol. The van der Waals surface area contributed by atoms with Crippen molar-refractivity contribution >= 4 is 31.6 Å². The number of ether oxygens (including phenoxy) is 1. The first-order chi connectivity index (χ1) is 11.4. The molecule has 0 bridgehead atoms. The Bertz CT molecular complexity index is 1020. The van der Waals surface area contributed by atoms with Gasteiger partial charge in [-0.3, -0.25) is 9.78 Å². The molecular formula is C17H20N4O2S. The number of nitrogens with two attached hydrogens (primary N) is 1. The van der Waals surface area contributed by atoms with E-state index in [0.717, 1.165) is 50.2 Å². The first kappa shape index (κ1) is 15.5. The van der Waals surface area contributed by atoms with E-state index in [0.29, 0.717) is 12.0 Å². The van der Waals surface area contributed by atoms with Crippen molar-refractivity contribution in [3.8, 4) is 0 Å². The summed E-state index contributed by atoms with van der Waals surface area (Å²) in [4.78, 5) is 22.6. The normalized spacial score (nSPS) is 16.6. The van der Waals surface area contributed by atoms with Crippen LogP contribution < -0.4 is 11.4 Å². The lowest BCUT2D eigenvalue weighted by atomic mass is 9.92. The predicted molar refractivity (Wildman–Crippen MR) is 95.9 cm³/mol. The minimum Gasteiger partial charge on any atom is -0.369 e. The molecule has 0 saturated carbocycles. The van der Waals surface area contributed by atoms with Gasteiger partial charge in [0.2, 0.25) is 0 Å². The lowest BCUT2D eigenvalue weighted by Crippen LogP contribution is -2.32. The van der Waals surface area contributed by atoms with Gasteiger partial charge in [-0.1, -0.05) is 13.3 Å². The lowest BCUT2D eigenvalue weighted by Gasteiger charge is -2.31. The summed E-state index contributed by atoms with van der Waals surface area (Å²) in [6.45, 7) is 6.79. The van der Waals surface area contributed by atoms with E-state index in [1.807, 2.05) is 0 Å². The first-order valence-corrected chi connectivity index (χ1v) is 8.96. The van der Waals surface area contributed by atoms with Crippen LogP contribution in [0.15, 0.2) is 11.1 Å². The Morgan fingerprint density at radius 3 is 2.96 bits per heavy atom. The molecule has 24 heavy (non-hydrogen) atoms. The third-order valence-electron chi connectivity index (χ3n) is 4.51. The largest absolute Gasteiger partial charge is 0.369 e. The van der Waals surface area contributed by atoms with E-state index < -0.39 is 0 Å². The van der Waals surface area contributed by atoms with Gasteiger partial charge in [0, 0.05) is 16.5 Å². The van der Waals surface area contributed by atoms with E-state index in [-0.39, 0.29) is 11.2 Å². The average molecular weight is 344 g/mol. The molecule has 0 saturated heterocycles. The van der Waals surface area contributed by atoms with Crippen LogP contribution >= 0.6 is 11.3 Å². The molecule has 0 fully saturated rings. The maximum absolute atomic E-state index is 12.6. The second kappa shape index (κ2) is 5.26. The van der Waals surface area contributed by atoms with Crippen molar-refractivity contribution < 1.29 is 4.74 Å². The number of pyridine rings is 1. The second-order valence-electron chi connectivity index (χ2n) is 6.90. The number of rotatable bonds is 2. The molecule has 0 radical (unpaired) electrons. The highest BCUT2D eigenvalue weighted by Crippen LogP contribution is 2.40. The highest BCUT2D eigenvalue weighted by Gasteiger charge is 2.31. The molecule has 3 aromatic heterocycles. The summed E-state index contributed by atoms with van der Waals surface area (Å²) in [6, 6.07) is 0. The summed E-state index contributed by atoms with van der Waals surface area (Å²) in [5, 5.41) is 1.54. The standard InChI is InChI=1S/C17H20N4O2S/c1-4-5-10-12-13-15(19-8-21(18)16(13)22)24-14(12)9-6-17(2,3)23-7-11(9)20-10/h8H,4-7,18H2,1-3H3. The quantitative estimate of drug-likeness (QED) is 0.722. The Kier molecular flexibility index (Phi) is 3.40. The molecule has 0 atom stereocenters. The number of hydrogen-bond donors (Lipinski definition) is 1. The van der Waals surface area contributed by atoms with Gasteiger partial charge in [-0.15, -0.1) is 11.3 Å². The molecule has 0 aromatic carbocycles. The molecule has 0 unspecified atom stereocenters. The van der Waals surface area contributed by atoms with Crippen molar-refractivity contribution in [1.82, 2.24) is 14.6 Å². The second-order valence-corrected chi connectivity index (χ2v) is 7.90. The number of aryl methyl sites for hydroxylation is 1. The van der Waals surface area contributed by atoms with Crippen molar-refractivity contribution in [3.05, 3.63) is 33.6 Å². The van der Waals surface area contributed by atoms with Crippen LogP contribution in [0.4, 0.5) is 0 Å². The maximum Gasteiger partial charge on any atom is 0.281 e. The molecule has 2 N–H and O–H groups in total. The van der Waals surface area contributed by atoms with E-state index in [9.17, 15) is 4.79 Å². The Labute approximate surface area is 143 Å². The van der Waals surface area contributed by atoms with Crippen LogP contribution in [0, 0.1) is 0 Å². The molecule has 126 valence electrons. The van der Waals surface area contributed by atoms with E-state index in [2.05, 4.69) is 25.8 Å². The zero-order chi connectivity index (χ0) is 17.1. The molecule has 3 aromatic rings. The Morgan fingerprint density at radius 1 is 1.42 bits per heavy atom. The highest BCUT2D eigenvalue weighted by molar-refractivity contribution is 7.25. The van der Waals surface area contributed by atoms with Crippen LogP contribution in [0.3, 0.4) is 0 Å². The topological polar surface area (TPSA) is 83.0 Å². The summed E-state index contributed by atoms with van der Waals surface area (Å²) in [5.74, 6) is 5.75. The average Bonchev–Trinajstić information content (AvgIpc) is 2.92. The molecule has 6 nitrogen and oxygen atoms in total. The summed E-state index contributed by atoms with van der Waals surface area (Å²) in [7, 11) is 0. The van der Waals surface area contributed by atoms with Gasteiger partial charge in [-0.2, -0.15) is 0 Å². The SMILES string of the molecule is CCCc1nc2c(c3sc4ncn(N)c(=O)c4c13)CC(C)(C)OC2. The fourth-order valence-electron chi connectivity index (χ4n) is 3.37. The number of thiophene rings is 1. The third kappa shape index (κ3) is 2.22. The molecule has 0 aliphatic carbocycles. The molecule has 4 rings (SSSR count). The van der Waals surface area contributed by atoms with Crippen molar-refractivity contribution in [1.29, 1.82) is 0 Å². The zero-order valence-corrected chi connectivity index (χ0v) is 14.9. The molecule has 4 heterocycles. The van der Waals surface area contributed by atoms with E-state index in [1.54, 1.807) is 11.3 Å². The predicted octanol–water partition coefficient (Wildman–Crippen LogP) is 2.52. The Morgan fingerprint density at radius 2 is 2.21 bits per heavy atom. The van der Waals surface area contributed by atoms with Gasteiger partial charge in [0.05, 0.1) is 29.0 Å². The number of nitrogen functional groups attached to an aromatic ring is 1. The Hall–Kier alpha value is -1.99. The van der Waals surface area contributed by atoms with Crippen LogP contribution in [0.5, 0.6) is 0 Å². The first-order valence-electron chi connectivity index (χ1n) is 8.15. The highest BCUT2D eigenvalue weighted by atomic mass is 32.1. The summed E-state index contributed by atoms with van der Waals surface area (Å²) in [6.07, 6.45) is 3.94. The molecule has 0 spiro atoms. The van der Waals surface area contributed by atoms with Crippen molar-refractivity contribution in [2.45, 2.75) is 52.2 Å². The smallest absolute Gasteiger partial charge is 0.281 e. The third-order valence-corrected chi connectivity index (χ3v) is 5.66. The van der Waals surface area contributed by atoms with Gasteiger partial charge in [0.1, 0.15) is 11.2 Å². The van der Waals surface area contributed by atoms with Gasteiger partial charge < -0.3 is 10.6 Å². The van der Waals surface area contributed by atoms with Gasteiger partial charge in [0.25, 0.3) is 5.56 Å². The van der Waals surface area contributed by atoms with Crippen LogP contribution in [-0.4, -0.2) is 20.2 Å². The Balaban J connectivity index is 2.15. The minimum atomic E-state index is -0.231. The van der Waals surface area contributed by atoms with Gasteiger partial charge in [-0.25, -0.2) is 9.66 Å². The van der Waals surface area contributed by atoms with Gasteiger partial charge >= 0.3 is 0 Å². The minimum absolute atomic E-state index is 0.211. The number of fused-ring (bicyclic) bond motifs is 5. The van der Waals surface area contributed by atoms with Crippen LogP contribution in [0.2, 0.25) is 0 Å². The number of nitrogens with zero attached hydrogens (tertiary/aromatic N) is 3. The molecular weight excluding hydrogens is 324 g/mol. The van der Waals surface area contributed by atoms with Crippen LogP contribution in [0.1, 0.15) is 44.1 Å². The summed E-state index contributed by atoms with van der Waals surface area (Å²) >= 11 is 1.56. The van der Waals surface area contributed by atoms with Gasteiger partial charge in [-0.05, 0) is 25.8 Å². The molecule has 1 aliphatic heterocycles. The molecule has 1 aliphatic rings. The van der Waals surface area contributed by atoms with Crippen LogP contribution in [0.25, 0.3) is 20.3 Å². The van der Waals surface area contributed by atoms with Crippen LogP contribution in [-0.2, 0) is 24.2 Å². The van der Waals surface area contributed by atoms with Crippen molar-refractivity contribution in [3.63, 3.8) is 0 Å². The van der Waals surface area contributed by atoms with E-state index in [4.69, 9.17) is 15.6 Å². The van der Waals surface area contributed by atoms with E-state index >= 15 is 0 Å². The van der Waals surface area contributed by atoms with Crippen molar-refractivity contribution in [2.75, 3.05) is 5.84 Å². The number of hydrogen-bond acceptors (Lipinski definition) is 6. The van der Waals surface area contributed by atoms with Gasteiger partial charge in [0.15, 0.2) is 0 Å². The lowest BCUT2D eigenvalue weighted by molar-refractivity contribution is -0.0415. The molecule has 0 amide bonds. The summed E-state index contributed by atoms with van der Waals surface area (Å²) < 4.78 is 8.10. The number of aromatic nitrogens is 3.